The molecule has 12 N–H and O–H groups in total. The fourth-order valence-electron chi connectivity index (χ4n) is 4.04. The Morgan fingerprint density at radius 1 is 0.478 bits per heavy atom. The molecular formula is C41H74Cl2N12O12. The number of nitrogens with one attached hydrogen (secondary N) is 6. The molecule has 0 aromatic heterocycles. The van der Waals surface area contributed by atoms with Crippen molar-refractivity contribution < 1.29 is 57.3 Å². The van der Waals surface area contributed by atoms with Crippen molar-refractivity contribution in [2.75, 3.05) is 136 Å². The van der Waals surface area contributed by atoms with E-state index in [1.807, 2.05) is 4.90 Å². The Kier molecular flexibility index (Phi) is 49.1. The molecule has 0 fully saturated rings. The van der Waals surface area contributed by atoms with Gasteiger partial charge in [0.25, 0.3) is 0 Å². The van der Waals surface area contributed by atoms with Gasteiger partial charge in [0.15, 0.2) is 0 Å². The van der Waals surface area contributed by atoms with Crippen LogP contribution in [0.1, 0.15) is 27.7 Å². The zero-order valence-electron chi connectivity index (χ0n) is 39.4. The molecule has 0 unspecified atom stereocenters. The molecule has 0 aliphatic rings. The number of amides is 6. The summed E-state index contributed by atoms with van der Waals surface area (Å²) in [6.07, 6.45) is 1.33. The lowest BCUT2D eigenvalue weighted by Crippen LogP contribution is -2.47. The van der Waals surface area contributed by atoms with Gasteiger partial charge < -0.3 is 68.0 Å². The van der Waals surface area contributed by atoms with Gasteiger partial charge in [-0.15, -0.1) is 23.2 Å². The first-order valence-corrected chi connectivity index (χ1v) is 21.9. The van der Waals surface area contributed by atoms with Crippen molar-refractivity contribution in [2.45, 2.75) is 27.7 Å². The number of urea groups is 3. The van der Waals surface area contributed by atoms with Gasteiger partial charge in [0.05, 0.1) is 31.5 Å². The Labute approximate surface area is 404 Å². The molecule has 0 aromatic carbocycles. The second-order valence-corrected chi connectivity index (χ2v) is 14.1. The van der Waals surface area contributed by atoms with E-state index in [1.54, 1.807) is 6.92 Å². The van der Waals surface area contributed by atoms with E-state index in [1.165, 1.54) is 26.9 Å². The lowest BCUT2D eigenvalue weighted by Gasteiger charge is -2.23. The molecule has 0 rings (SSSR count). The third kappa shape index (κ3) is 49.7. The monoisotopic (exact) mass is 996 g/mol. The number of hydrogen-bond acceptors (Lipinski definition) is 18. The molecule has 6 amide bonds. The number of hydrogen-bond donors (Lipinski definition) is 9. The molecule has 0 radical (unpaired) electrons. The molecule has 0 bridgehead atoms. The number of carbonyl (C=O) groups excluding carboxylic acids is 8. The molecule has 0 saturated carbocycles. The summed E-state index contributed by atoms with van der Waals surface area (Å²) in [4.78, 5) is 97.6. The number of halogens is 2. The summed E-state index contributed by atoms with van der Waals surface area (Å²) >= 11 is 9.53. The standard InChI is InChI=1S/C27H45N7O9.C7H9NO3.C6H18N4.CH2Cl2/c1-19(2)22(35)41-16-10-31-25(38)28-7-13-34(14-8-29-26(39)32-11-17-42-23(36)20(3)4)15-9-30-27(40)33-12-18-43-24(37)21(5)6;1-6(2)7(10)11-4-3-8-5-9;7-1-4-10(5-2-8)6-3-9;2-1-3/h1,3,5,7-18H2,2,4,6H3,(H2,28,31,38)(H2,29,32,39)(H2,30,33,40);1,3-4H2,2H3;1-9H2;1H2. The summed E-state index contributed by atoms with van der Waals surface area (Å²) in [5, 5.41) is 15.9. The summed E-state index contributed by atoms with van der Waals surface area (Å²) in [7, 11) is 0. The van der Waals surface area contributed by atoms with Gasteiger partial charge in [0.2, 0.25) is 6.08 Å². The van der Waals surface area contributed by atoms with E-state index in [0.29, 0.717) is 44.8 Å². The van der Waals surface area contributed by atoms with Gasteiger partial charge in [0, 0.05) is 101 Å². The number of nitrogens with two attached hydrogens (primary N) is 3. The van der Waals surface area contributed by atoms with Crippen molar-refractivity contribution in [3.63, 3.8) is 0 Å². The Hall–Kier alpha value is -5.59. The van der Waals surface area contributed by atoms with Crippen LogP contribution in [0, 0.1) is 0 Å². The smallest absolute Gasteiger partial charge is 0.333 e. The van der Waals surface area contributed by atoms with E-state index in [4.69, 9.17) is 54.6 Å². The van der Waals surface area contributed by atoms with Gasteiger partial charge in [-0.2, -0.15) is 0 Å². The molecule has 24 nitrogen and oxygen atoms in total. The van der Waals surface area contributed by atoms with E-state index in [9.17, 15) is 38.4 Å². The summed E-state index contributed by atoms with van der Waals surface area (Å²) < 4.78 is 19.3. The topological polar surface area (TPSA) is 343 Å². The fourth-order valence-corrected chi connectivity index (χ4v) is 4.04. The van der Waals surface area contributed by atoms with Crippen LogP contribution < -0.4 is 49.1 Å². The quantitative estimate of drug-likeness (QED) is 0.00809. The number of ether oxygens (including phenoxy) is 4. The zero-order chi connectivity index (χ0) is 51.8. The van der Waals surface area contributed by atoms with Gasteiger partial charge in [0.1, 0.15) is 26.4 Å². The first-order chi connectivity index (χ1) is 31.8. The van der Waals surface area contributed by atoms with Crippen molar-refractivity contribution in [1.82, 2.24) is 41.7 Å². The fraction of sp³-hybridized carbons (Fsp3) is 0.610. The van der Waals surface area contributed by atoms with E-state index >= 15 is 0 Å². The van der Waals surface area contributed by atoms with Crippen LogP contribution in [0.4, 0.5) is 14.4 Å². The first-order valence-electron chi connectivity index (χ1n) is 20.8. The second kappa shape index (κ2) is 48.3. The second-order valence-electron chi connectivity index (χ2n) is 13.3. The minimum Gasteiger partial charge on any atom is -0.460 e. The summed E-state index contributed by atoms with van der Waals surface area (Å²) in [6.45, 7) is 27.1. The normalized spacial score (nSPS) is 9.66. The molecule has 0 heterocycles. The highest BCUT2D eigenvalue weighted by atomic mass is 35.5. The third-order valence-electron chi connectivity index (χ3n) is 7.23. The summed E-state index contributed by atoms with van der Waals surface area (Å²) in [5.74, 6) is -2.09. The van der Waals surface area contributed by atoms with Crippen LogP contribution >= 0.6 is 23.2 Å². The Balaban J connectivity index is -0.000000667. The number of alkyl halides is 2. The Bertz CT molecular complexity index is 1420. The number of carbonyl (C=O) groups is 7. The van der Waals surface area contributed by atoms with E-state index in [0.717, 1.165) is 19.6 Å². The number of nitrogens with zero attached hydrogens (tertiary/aromatic N) is 3. The average Bonchev–Trinajstić information content (AvgIpc) is 3.27. The van der Waals surface area contributed by atoms with Crippen LogP contribution in [0.5, 0.6) is 0 Å². The van der Waals surface area contributed by atoms with Crippen LogP contribution in [-0.4, -0.2) is 194 Å². The van der Waals surface area contributed by atoms with Crippen LogP contribution in [0.2, 0.25) is 0 Å². The minimum atomic E-state index is -0.542. The molecule has 26 heteroatoms. The SMILES string of the molecule is C=C(C)C(=O)OCCN=C=O.C=C(C)C(=O)OCCNC(=O)NCCN(CCNC(=O)NCCOC(=O)C(=C)C)CCNC(=O)NCCOC(=O)C(=C)C.ClCCl.NCCN(CCN)CCN. The molecule has 384 valence electrons. The molecule has 0 saturated heterocycles. The lowest BCUT2D eigenvalue weighted by atomic mass is 10.4. The van der Waals surface area contributed by atoms with Crippen molar-refractivity contribution in [1.29, 1.82) is 0 Å². The van der Waals surface area contributed by atoms with E-state index in [-0.39, 0.29) is 94.3 Å². The number of isocyanates is 1. The molecule has 0 spiro atoms. The van der Waals surface area contributed by atoms with Gasteiger partial charge in [-0.1, -0.05) is 26.3 Å². The first kappa shape index (κ1) is 68.0. The zero-order valence-corrected chi connectivity index (χ0v) is 40.9. The molecule has 0 aromatic rings. The predicted octanol–water partition coefficient (Wildman–Crippen LogP) is -0.429. The molecule has 0 aliphatic carbocycles. The van der Waals surface area contributed by atoms with Crippen molar-refractivity contribution in [2.24, 2.45) is 22.2 Å². The molecule has 67 heavy (non-hydrogen) atoms. The summed E-state index contributed by atoms with van der Waals surface area (Å²) in [6, 6.07) is -1.37. The predicted molar refractivity (Wildman–Crippen MR) is 257 cm³/mol. The van der Waals surface area contributed by atoms with Gasteiger partial charge in [-0.3, -0.25) is 9.80 Å². The average molecular weight is 998 g/mol. The number of aliphatic imine (C=N–C) groups is 1. The van der Waals surface area contributed by atoms with Crippen molar-refractivity contribution in [3.8, 4) is 0 Å². The molecule has 0 aliphatic heterocycles. The number of esters is 4. The summed E-state index contributed by atoms with van der Waals surface area (Å²) in [5.41, 5.74) is 17.2. The lowest BCUT2D eigenvalue weighted by molar-refractivity contribution is -0.139. The van der Waals surface area contributed by atoms with Gasteiger partial charge >= 0.3 is 42.0 Å². The van der Waals surface area contributed by atoms with E-state index < -0.39 is 42.0 Å². The van der Waals surface area contributed by atoms with Crippen LogP contribution in [0.25, 0.3) is 0 Å². The minimum absolute atomic E-state index is 0.000630. The maximum atomic E-state index is 12.0. The van der Waals surface area contributed by atoms with Crippen LogP contribution in [0.3, 0.4) is 0 Å². The number of rotatable bonds is 31. The highest BCUT2D eigenvalue weighted by Crippen LogP contribution is 1.94. The van der Waals surface area contributed by atoms with Crippen LogP contribution in [-0.2, 0) is 42.9 Å². The maximum Gasteiger partial charge on any atom is 0.333 e. The molecular weight excluding hydrogens is 923 g/mol. The Morgan fingerprint density at radius 3 is 0.955 bits per heavy atom. The van der Waals surface area contributed by atoms with Crippen molar-refractivity contribution in [3.05, 3.63) is 48.6 Å². The van der Waals surface area contributed by atoms with Gasteiger partial charge in [-0.05, 0) is 27.7 Å². The highest BCUT2D eigenvalue weighted by molar-refractivity contribution is 6.40. The van der Waals surface area contributed by atoms with Crippen LogP contribution in [0.15, 0.2) is 53.6 Å². The maximum absolute atomic E-state index is 12.0. The van der Waals surface area contributed by atoms with Crippen molar-refractivity contribution >= 4 is 71.3 Å². The molecule has 0 atom stereocenters. The van der Waals surface area contributed by atoms with Gasteiger partial charge in [-0.25, -0.2) is 43.3 Å². The van der Waals surface area contributed by atoms with E-state index in [2.05, 4.69) is 72.8 Å². The highest BCUT2D eigenvalue weighted by Gasteiger charge is 2.11. The largest absolute Gasteiger partial charge is 0.460 e. The Morgan fingerprint density at radius 2 is 0.716 bits per heavy atom. The third-order valence-corrected chi connectivity index (χ3v) is 7.23.